The van der Waals surface area contributed by atoms with Crippen LogP contribution in [0.3, 0.4) is 0 Å². The fourth-order valence-electron chi connectivity index (χ4n) is 2.15. The predicted molar refractivity (Wildman–Crippen MR) is 89.2 cm³/mol. The zero-order valence-electron chi connectivity index (χ0n) is 13.9. The zero-order valence-corrected chi connectivity index (χ0v) is 14.7. The molecule has 0 aliphatic heterocycles. The number of nitrogens with two attached hydrogens (primary N) is 1. The lowest BCUT2D eigenvalue weighted by Crippen LogP contribution is -2.46. The second-order valence-corrected chi connectivity index (χ2v) is 5.82. The Labute approximate surface area is 146 Å². The molecule has 0 aliphatic rings. The van der Waals surface area contributed by atoms with Gasteiger partial charge in [-0.15, -0.1) is 12.4 Å². The third-order valence-corrected chi connectivity index (χ3v) is 3.25. The van der Waals surface area contributed by atoms with Crippen molar-refractivity contribution in [3.63, 3.8) is 0 Å². The molecular formula is C16H24ClF3N2O2. The minimum Gasteiger partial charge on any atom is -0.480 e. The number of nitrogens with one attached hydrogen (secondary N) is 1. The summed E-state index contributed by atoms with van der Waals surface area (Å²) in [6.07, 6.45) is -4.90. The largest absolute Gasteiger partial charge is 0.480 e. The van der Waals surface area contributed by atoms with E-state index in [0.717, 1.165) is 6.07 Å². The summed E-state index contributed by atoms with van der Waals surface area (Å²) in [6, 6.07) is 4.58. The van der Waals surface area contributed by atoms with Gasteiger partial charge in [0.15, 0.2) is 6.10 Å². The van der Waals surface area contributed by atoms with E-state index in [1.165, 1.54) is 25.1 Å². The van der Waals surface area contributed by atoms with Gasteiger partial charge in [0, 0.05) is 12.6 Å². The monoisotopic (exact) mass is 368 g/mol. The smallest absolute Gasteiger partial charge is 0.419 e. The van der Waals surface area contributed by atoms with Gasteiger partial charge in [0.05, 0.1) is 5.56 Å². The summed E-state index contributed by atoms with van der Waals surface area (Å²) in [7, 11) is 0. The molecule has 0 saturated heterocycles. The molecule has 1 aromatic rings. The topological polar surface area (TPSA) is 64.3 Å². The molecule has 138 valence electrons. The molecule has 0 radical (unpaired) electrons. The Bertz CT molecular complexity index is 524. The summed E-state index contributed by atoms with van der Waals surface area (Å²) in [5, 5.41) is 2.71. The highest BCUT2D eigenvalue weighted by atomic mass is 35.5. The molecule has 2 atom stereocenters. The van der Waals surface area contributed by atoms with Crippen molar-refractivity contribution < 1.29 is 22.7 Å². The number of ether oxygens (including phenoxy) is 1. The first-order chi connectivity index (χ1) is 10.6. The number of benzene rings is 1. The van der Waals surface area contributed by atoms with E-state index in [2.05, 4.69) is 5.32 Å². The summed E-state index contributed by atoms with van der Waals surface area (Å²) in [5.74, 6) is -0.514. The zero-order chi connectivity index (χ0) is 17.6. The minimum atomic E-state index is -4.54. The van der Waals surface area contributed by atoms with Crippen LogP contribution in [-0.2, 0) is 11.0 Å². The third kappa shape index (κ3) is 6.97. The molecule has 3 N–H and O–H groups in total. The van der Waals surface area contributed by atoms with Gasteiger partial charge in [-0.25, -0.2) is 0 Å². The van der Waals surface area contributed by atoms with Gasteiger partial charge in [0.2, 0.25) is 0 Å². The molecule has 0 heterocycles. The van der Waals surface area contributed by atoms with E-state index < -0.39 is 23.8 Å². The summed E-state index contributed by atoms with van der Waals surface area (Å²) in [4.78, 5) is 12.1. The second-order valence-electron chi connectivity index (χ2n) is 5.82. The Morgan fingerprint density at radius 3 is 2.33 bits per heavy atom. The van der Waals surface area contributed by atoms with E-state index in [9.17, 15) is 18.0 Å². The van der Waals surface area contributed by atoms with Crippen LogP contribution in [-0.4, -0.2) is 24.6 Å². The molecule has 0 aliphatic carbocycles. The number of alkyl halides is 3. The highest BCUT2D eigenvalue weighted by Crippen LogP contribution is 2.36. The Morgan fingerprint density at radius 1 is 1.25 bits per heavy atom. The maximum absolute atomic E-state index is 12.9. The molecule has 0 saturated carbocycles. The second kappa shape index (κ2) is 9.74. The third-order valence-electron chi connectivity index (χ3n) is 3.25. The van der Waals surface area contributed by atoms with E-state index in [1.807, 2.05) is 13.8 Å². The fraction of sp³-hybridized carbons (Fsp3) is 0.562. The van der Waals surface area contributed by atoms with Gasteiger partial charge in [-0.3, -0.25) is 4.79 Å². The maximum atomic E-state index is 12.9. The van der Waals surface area contributed by atoms with E-state index in [4.69, 9.17) is 10.5 Å². The van der Waals surface area contributed by atoms with Crippen molar-refractivity contribution >= 4 is 18.3 Å². The number of carbonyl (C=O) groups excluding carboxylic acids is 1. The number of hydrogen-bond acceptors (Lipinski definition) is 3. The number of amides is 1. The van der Waals surface area contributed by atoms with Crippen LogP contribution in [0.15, 0.2) is 24.3 Å². The van der Waals surface area contributed by atoms with Crippen LogP contribution in [0.25, 0.3) is 0 Å². The van der Waals surface area contributed by atoms with Crippen LogP contribution < -0.4 is 15.8 Å². The quantitative estimate of drug-likeness (QED) is 0.775. The fourth-order valence-corrected chi connectivity index (χ4v) is 2.15. The molecule has 4 nitrogen and oxygen atoms in total. The summed E-state index contributed by atoms with van der Waals surface area (Å²) >= 11 is 0. The molecule has 0 fully saturated rings. The molecule has 1 rings (SSSR count). The Kier molecular flexibility index (Phi) is 9.14. The SMILES string of the molecule is CC(C)CC(CN)NC(=O)C(C)Oc1ccccc1C(F)(F)F.Cl. The highest BCUT2D eigenvalue weighted by Gasteiger charge is 2.34. The van der Waals surface area contributed by atoms with Crippen LogP contribution in [0, 0.1) is 5.92 Å². The highest BCUT2D eigenvalue weighted by molar-refractivity contribution is 5.85. The summed E-state index contributed by atoms with van der Waals surface area (Å²) in [6.45, 7) is 5.66. The van der Waals surface area contributed by atoms with Crippen LogP contribution in [0.4, 0.5) is 13.2 Å². The number of para-hydroxylation sites is 1. The first-order valence-corrected chi connectivity index (χ1v) is 7.48. The lowest BCUT2D eigenvalue weighted by atomic mass is 10.0. The molecule has 0 spiro atoms. The predicted octanol–water partition coefficient (Wildman–Crippen LogP) is 3.38. The Balaban J connectivity index is 0.00000529. The van der Waals surface area contributed by atoms with Crippen LogP contribution >= 0.6 is 12.4 Å². The normalized spacial score (nSPS) is 13.8. The van der Waals surface area contributed by atoms with Gasteiger partial charge in [-0.05, 0) is 31.4 Å². The average molecular weight is 369 g/mol. The molecule has 1 aromatic carbocycles. The van der Waals surface area contributed by atoms with E-state index in [0.29, 0.717) is 12.3 Å². The number of halogens is 4. The van der Waals surface area contributed by atoms with Gasteiger partial charge in [-0.2, -0.15) is 13.2 Å². The molecule has 1 amide bonds. The van der Waals surface area contributed by atoms with Crippen LogP contribution in [0.1, 0.15) is 32.8 Å². The first kappa shape index (κ1) is 22.5. The van der Waals surface area contributed by atoms with Crippen molar-refractivity contribution in [2.75, 3.05) is 6.54 Å². The van der Waals surface area contributed by atoms with Gasteiger partial charge < -0.3 is 15.8 Å². The van der Waals surface area contributed by atoms with Crippen LogP contribution in [0.5, 0.6) is 5.75 Å². The van der Waals surface area contributed by atoms with E-state index in [1.54, 1.807) is 0 Å². The number of rotatable bonds is 7. The standard InChI is InChI=1S/C16H23F3N2O2.ClH/c1-10(2)8-12(9-20)21-15(22)11(3)23-14-7-5-4-6-13(14)16(17,18)19;/h4-7,10-12H,8-9,20H2,1-3H3,(H,21,22);1H. The number of carbonyl (C=O) groups is 1. The molecule has 2 unspecified atom stereocenters. The van der Waals surface area contributed by atoms with Crippen LogP contribution in [0.2, 0.25) is 0 Å². The van der Waals surface area contributed by atoms with Crippen molar-refractivity contribution in [2.24, 2.45) is 11.7 Å². The van der Waals surface area contributed by atoms with Gasteiger partial charge >= 0.3 is 6.18 Å². The van der Waals surface area contributed by atoms with E-state index in [-0.39, 0.29) is 30.7 Å². The van der Waals surface area contributed by atoms with Gasteiger partial charge in [0.25, 0.3) is 5.91 Å². The van der Waals surface area contributed by atoms with Crippen molar-refractivity contribution in [3.05, 3.63) is 29.8 Å². The molecule has 8 heteroatoms. The summed E-state index contributed by atoms with van der Waals surface area (Å²) in [5.41, 5.74) is 4.69. The van der Waals surface area contributed by atoms with Crippen molar-refractivity contribution in [3.8, 4) is 5.75 Å². The van der Waals surface area contributed by atoms with Crippen molar-refractivity contribution in [2.45, 2.75) is 45.5 Å². The Morgan fingerprint density at radius 2 is 1.83 bits per heavy atom. The Hall–Kier alpha value is -1.47. The van der Waals surface area contributed by atoms with Crippen molar-refractivity contribution in [1.82, 2.24) is 5.32 Å². The molecular weight excluding hydrogens is 345 g/mol. The maximum Gasteiger partial charge on any atom is 0.419 e. The lowest BCUT2D eigenvalue weighted by Gasteiger charge is -2.22. The van der Waals surface area contributed by atoms with Crippen molar-refractivity contribution in [1.29, 1.82) is 0 Å². The van der Waals surface area contributed by atoms with Gasteiger partial charge in [0.1, 0.15) is 5.75 Å². The molecule has 0 bridgehead atoms. The minimum absolute atomic E-state index is 0. The molecule has 0 aromatic heterocycles. The first-order valence-electron chi connectivity index (χ1n) is 7.48. The molecule has 24 heavy (non-hydrogen) atoms. The van der Waals surface area contributed by atoms with E-state index >= 15 is 0 Å². The number of hydrogen-bond donors (Lipinski definition) is 2. The summed E-state index contributed by atoms with van der Waals surface area (Å²) < 4.78 is 43.9. The average Bonchev–Trinajstić information content (AvgIpc) is 2.45. The van der Waals surface area contributed by atoms with Gasteiger partial charge in [-0.1, -0.05) is 26.0 Å². The lowest BCUT2D eigenvalue weighted by molar-refractivity contribution is -0.140.